The first-order valence-corrected chi connectivity index (χ1v) is 7.00. The van der Waals surface area contributed by atoms with Gasteiger partial charge in [-0.1, -0.05) is 18.5 Å². The predicted molar refractivity (Wildman–Crippen MR) is 80.2 cm³/mol. The summed E-state index contributed by atoms with van der Waals surface area (Å²) in [5, 5.41) is 13.9. The van der Waals surface area contributed by atoms with Gasteiger partial charge < -0.3 is 15.2 Å². The third-order valence-electron chi connectivity index (χ3n) is 2.87. The molecule has 0 saturated heterocycles. The fraction of sp³-hybridized carbons (Fsp3) is 0.385. The average Bonchev–Trinajstić information content (AvgIpc) is 2.89. The molecule has 0 aliphatic carbocycles. The highest BCUT2D eigenvalue weighted by Gasteiger charge is 2.13. The van der Waals surface area contributed by atoms with Crippen LogP contribution in [0.5, 0.6) is 0 Å². The number of aryl methyl sites for hydroxylation is 1. The van der Waals surface area contributed by atoms with Gasteiger partial charge in [0.1, 0.15) is 12.1 Å². The van der Waals surface area contributed by atoms with E-state index >= 15 is 0 Å². The summed E-state index contributed by atoms with van der Waals surface area (Å²) in [6.07, 6.45) is 4.02. The molecular weight excluding hydrogens is 292 g/mol. The van der Waals surface area contributed by atoms with Gasteiger partial charge in [0.05, 0.1) is 17.1 Å². The molecule has 0 aliphatic rings. The Kier molecular flexibility index (Phi) is 5.10. The SMILES string of the molecule is CCCNc1cc(C(=O)NCc2nncn2C)c(Cl)cn1. The molecule has 0 atom stereocenters. The van der Waals surface area contributed by atoms with E-state index in [1.165, 1.54) is 6.20 Å². The lowest BCUT2D eigenvalue weighted by atomic mass is 10.2. The van der Waals surface area contributed by atoms with Gasteiger partial charge in [0.2, 0.25) is 0 Å². The lowest BCUT2D eigenvalue weighted by Gasteiger charge is -2.09. The van der Waals surface area contributed by atoms with Crippen molar-refractivity contribution in [2.45, 2.75) is 19.9 Å². The summed E-state index contributed by atoms with van der Waals surface area (Å²) in [5.74, 6) is 1.02. The van der Waals surface area contributed by atoms with Gasteiger partial charge in [-0.05, 0) is 12.5 Å². The van der Waals surface area contributed by atoms with Crippen molar-refractivity contribution in [1.29, 1.82) is 0 Å². The minimum Gasteiger partial charge on any atom is -0.370 e. The number of anilines is 1. The normalized spacial score (nSPS) is 10.4. The van der Waals surface area contributed by atoms with Crippen LogP contribution in [0.3, 0.4) is 0 Å². The number of pyridine rings is 1. The second-order valence-corrected chi connectivity index (χ2v) is 4.92. The van der Waals surface area contributed by atoms with E-state index in [1.807, 2.05) is 7.05 Å². The molecule has 0 unspecified atom stereocenters. The number of carbonyl (C=O) groups is 1. The standard InChI is InChI=1S/C13H17ClN6O/c1-3-4-15-11-5-9(10(14)6-16-11)13(21)17-7-12-19-18-8-20(12)2/h5-6,8H,3-4,7H2,1-2H3,(H,15,16)(H,17,21). The second kappa shape index (κ2) is 7.03. The third kappa shape index (κ3) is 3.91. The Morgan fingerprint density at radius 3 is 2.95 bits per heavy atom. The maximum Gasteiger partial charge on any atom is 0.253 e. The van der Waals surface area contributed by atoms with Gasteiger partial charge in [-0.25, -0.2) is 4.98 Å². The molecule has 7 nitrogen and oxygen atoms in total. The zero-order chi connectivity index (χ0) is 15.2. The molecule has 2 heterocycles. The lowest BCUT2D eigenvalue weighted by molar-refractivity contribution is 0.0949. The van der Waals surface area contributed by atoms with Crippen molar-refractivity contribution in [3.8, 4) is 0 Å². The molecule has 8 heteroatoms. The summed E-state index contributed by atoms with van der Waals surface area (Å²) in [6, 6.07) is 1.64. The molecule has 0 bridgehead atoms. The zero-order valence-electron chi connectivity index (χ0n) is 11.9. The monoisotopic (exact) mass is 308 g/mol. The minimum atomic E-state index is -0.273. The van der Waals surface area contributed by atoms with Gasteiger partial charge in [0.25, 0.3) is 5.91 Å². The Labute approximate surface area is 127 Å². The van der Waals surface area contributed by atoms with Crippen LogP contribution in [-0.4, -0.2) is 32.2 Å². The highest BCUT2D eigenvalue weighted by molar-refractivity contribution is 6.33. The van der Waals surface area contributed by atoms with Crippen LogP contribution in [0.15, 0.2) is 18.6 Å². The maximum absolute atomic E-state index is 12.2. The number of halogens is 1. The Balaban J connectivity index is 2.05. The van der Waals surface area contributed by atoms with Crippen molar-refractivity contribution in [2.24, 2.45) is 7.05 Å². The summed E-state index contributed by atoms with van der Waals surface area (Å²) in [7, 11) is 1.81. The van der Waals surface area contributed by atoms with Crippen LogP contribution >= 0.6 is 11.6 Å². The Bertz CT molecular complexity index is 627. The molecule has 21 heavy (non-hydrogen) atoms. The summed E-state index contributed by atoms with van der Waals surface area (Å²) < 4.78 is 1.74. The quantitative estimate of drug-likeness (QED) is 0.847. The molecule has 0 aromatic carbocycles. The minimum absolute atomic E-state index is 0.273. The van der Waals surface area contributed by atoms with Gasteiger partial charge >= 0.3 is 0 Å². The van der Waals surface area contributed by atoms with Crippen LogP contribution in [0.4, 0.5) is 5.82 Å². The first-order valence-electron chi connectivity index (χ1n) is 6.62. The number of hydrogen-bond donors (Lipinski definition) is 2. The van der Waals surface area contributed by atoms with Crippen LogP contribution in [0.1, 0.15) is 29.5 Å². The largest absolute Gasteiger partial charge is 0.370 e. The van der Waals surface area contributed by atoms with E-state index < -0.39 is 0 Å². The number of hydrogen-bond acceptors (Lipinski definition) is 5. The van der Waals surface area contributed by atoms with Crippen molar-refractivity contribution in [3.05, 3.63) is 35.0 Å². The summed E-state index contributed by atoms with van der Waals surface area (Å²) >= 11 is 6.03. The van der Waals surface area contributed by atoms with E-state index in [1.54, 1.807) is 17.0 Å². The molecule has 0 radical (unpaired) electrons. The summed E-state index contributed by atoms with van der Waals surface area (Å²) in [6.45, 7) is 3.12. The van der Waals surface area contributed by atoms with Crippen LogP contribution in [-0.2, 0) is 13.6 Å². The average molecular weight is 309 g/mol. The summed E-state index contributed by atoms with van der Waals surface area (Å²) in [5.41, 5.74) is 0.382. The summed E-state index contributed by atoms with van der Waals surface area (Å²) in [4.78, 5) is 16.3. The lowest BCUT2D eigenvalue weighted by Crippen LogP contribution is -2.25. The molecule has 2 N–H and O–H groups in total. The van der Waals surface area contributed by atoms with Crippen LogP contribution in [0, 0.1) is 0 Å². The van der Waals surface area contributed by atoms with E-state index in [9.17, 15) is 4.79 Å². The van der Waals surface area contributed by atoms with Crippen molar-refractivity contribution in [2.75, 3.05) is 11.9 Å². The van der Waals surface area contributed by atoms with Gasteiger partial charge in [-0.2, -0.15) is 0 Å². The first kappa shape index (κ1) is 15.2. The van der Waals surface area contributed by atoms with Crippen LogP contribution in [0.25, 0.3) is 0 Å². The van der Waals surface area contributed by atoms with Crippen molar-refractivity contribution < 1.29 is 4.79 Å². The Hall–Kier alpha value is -2.15. The Morgan fingerprint density at radius 2 is 2.29 bits per heavy atom. The van der Waals surface area contributed by atoms with E-state index in [2.05, 4.69) is 32.7 Å². The fourth-order valence-electron chi connectivity index (χ4n) is 1.68. The molecule has 2 rings (SSSR count). The van der Waals surface area contributed by atoms with Crippen LogP contribution in [0.2, 0.25) is 5.02 Å². The predicted octanol–water partition coefficient (Wildman–Crippen LogP) is 1.62. The topological polar surface area (TPSA) is 84.7 Å². The first-order chi connectivity index (χ1) is 10.1. The highest BCUT2D eigenvalue weighted by atomic mass is 35.5. The van der Waals surface area contributed by atoms with E-state index in [4.69, 9.17) is 11.6 Å². The zero-order valence-corrected chi connectivity index (χ0v) is 12.7. The third-order valence-corrected chi connectivity index (χ3v) is 3.17. The number of carbonyl (C=O) groups excluding carboxylic acids is 1. The number of amides is 1. The number of aromatic nitrogens is 4. The van der Waals surface area contributed by atoms with Crippen molar-refractivity contribution in [3.63, 3.8) is 0 Å². The Morgan fingerprint density at radius 1 is 1.48 bits per heavy atom. The van der Waals surface area contributed by atoms with Gasteiger partial charge in [0, 0.05) is 19.8 Å². The molecule has 1 amide bonds. The molecule has 0 aliphatic heterocycles. The molecule has 0 saturated carbocycles. The number of nitrogens with zero attached hydrogens (tertiary/aromatic N) is 4. The second-order valence-electron chi connectivity index (χ2n) is 4.52. The van der Waals surface area contributed by atoms with E-state index in [-0.39, 0.29) is 12.5 Å². The van der Waals surface area contributed by atoms with Crippen LogP contribution < -0.4 is 10.6 Å². The highest BCUT2D eigenvalue weighted by Crippen LogP contribution is 2.18. The van der Waals surface area contributed by atoms with E-state index in [0.717, 1.165) is 13.0 Å². The van der Waals surface area contributed by atoms with Gasteiger partial charge in [0.15, 0.2) is 5.82 Å². The van der Waals surface area contributed by atoms with Gasteiger partial charge in [-0.3, -0.25) is 4.79 Å². The molecule has 0 spiro atoms. The molecule has 112 valence electrons. The number of rotatable bonds is 6. The molecule has 2 aromatic heterocycles. The van der Waals surface area contributed by atoms with Crippen molar-refractivity contribution >= 4 is 23.3 Å². The molecule has 2 aromatic rings. The molecular formula is C13H17ClN6O. The van der Waals surface area contributed by atoms with Gasteiger partial charge in [-0.15, -0.1) is 10.2 Å². The van der Waals surface area contributed by atoms with Crippen molar-refractivity contribution in [1.82, 2.24) is 25.1 Å². The maximum atomic E-state index is 12.2. The smallest absolute Gasteiger partial charge is 0.253 e. The van der Waals surface area contributed by atoms with E-state index in [0.29, 0.717) is 22.2 Å². The fourth-order valence-corrected chi connectivity index (χ4v) is 1.87. The number of nitrogens with one attached hydrogen (secondary N) is 2. The molecule has 0 fully saturated rings.